The Kier molecular flexibility index (Phi) is 5.70. The van der Waals surface area contributed by atoms with Gasteiger partial charge < -0.3 is 19.9 Å². The number of aromatic carboxylic acids is 1. The van der Waals surface area contributed by atoms with Crippen molar-refractivity contribution in [3.05, 3.63) is 72.1 Å². The Hall–Kier alpha value is -4.07. The molecule has 4 aromatic rings. The Bertz CT molecular complexity index is 1220. The summed E-state index contributed by atoms with van der Waals surface area (Å²) < 4.78 is 12.5. The highest BCUT2D eigenvalue weighted by Gasteiger charge is 2.16. The maximum atomic E-state index is 11.7. The van der Waals surface area contributed by atoms with Gasteiger partial charge in [0.15, 0.2) is 11.5 Å². The molecule has 0 radical (unpaired) electrons. The molecule has 4 rings (SSSR count). The topological polar surface area (TPSA) is 98.5 Å². The molecule has 8 heteroatoms. The van der Waals surface area contributed by atoms with Crippen LogP contribution < -0.4 is 14.8 Å². The number of benzene rings is 2. The molecule has 0 fully saturated rings. The molecule has 0 unspecified atom stereocenters. The molecule has 2 N–H and O–H groups in total. The molecule has 8 nitrogen and oxygen atoms in total. The van der Waals surface area contributed by atoms with Crippen LogP contribution in [0, 0.1) is 0 Å². The van der Waals surface area contributed by atoms with E-state index in [1.54, 1.807) is 43.3 Å². The van der Waals surface area contributed by atoms with Crippen LogP contribution in [0.15, 0.2) is 60.9 Å². The first-order valence-electron chi connectivity index (χ1n) is 9.72. The van der Waals surface area contributed by atoms with Crippen LogP contribution in [0.4, 0.5) is 5.82 Å². The molecule has 0 aliphatic carbocycles. The molecule has 0 aliphatic rings. The third-order valence-electron chi connectivity index (χ3n) is 4.96. The van der Waals surface area contributed by atoms with Crippen molar-refractivity contribution in [2.24, 2.45) is 0 Å². The monoisotopic (exact) mass is 418 g/mol. The molecule has 158 valence electrons. The van der Waals surface area contributed by atoms with E-state index in [0.717, 1.165) is 17.5 Å². The predicted octanol–water partition coefficient (Wildman–Crippen LogP) is 3.79. The molecular weight excluding hydrogens is 396 g/mol. The van der Waals surface area contributed by atoms with Crippen molar-refractivity contribution >= 4 is 22.8 Å². The van der Waals surface area contributed by atoms with E-state index >= 15 is 0 Å². The lowest BCUT2D eigenvalue weighted by Gasteiger charge is -2.12. The number of imidazole rings is 1. The zero-order valence-corrected chi connectivity index (χ0v) is 17.2. The fraction of sp³-hybridized carbons (Fsp3) is 0.174. The predicted molar refractivity (Wildman–Crippen MR) is 118 cm³/mol. The smallest absolute Gasteiger partial charge is 0.339 e. The summed E-state index contributed by atoms with van der Waals surface area (Å²) in [6, 6.07) is 16.8. The van der Waals surface area contributed by atoms with Crippen molar-refractivity contribution in [3.8, 4) is 17.3 Å². The van der Waals surface area contributed by atoms with Gasteiger partial charge in [-0.25, -0.2) is 14.8 Å². The zero-order valence-electron chi connectivity index (χ0n) is 17.2. The van der Waals surface area contributed by atoms with Gasteiger partial charge in [-0.05, 0) is 24.1 Å². The molecule has 31 heavy (non-hydrogen) atoms. The molecule has 0 amide bonds. The van der Waals surface area contributed by atoms with Gasteiger partial charge in [-0.15, -0.1) is 0 Å². The first-order valence-corrected chi connectivity index (χ1v) is 9.72. The fourth-order valence-corrected chi connectivity index (χ4v) is 3.38. The summed E-state index contributed by atoms with van der Waals surface area (Å²) >= 11 is 0. The number of rotatable bonds is 8. The van der Waals surface area contributed by atoms with E-state index in [1.807, 2.05) is 36.4 Å². The summed E-state index contributed by atoms with van der Waals surface area (Å²) in [5.74, 6) is 0.964. The van der Waals surface area contributed by atoms with Crippen LogP contribution in [0.25, 0.3) is 16.9 Å². The Morgan fingerprint density at radius 3 is 2.52 bits per heavy atom. The van der Waals surface area contributed by atoms with Crippen molar-refractivity contribution in [2.45, 2.75) is 6.42 Å². The number of nitrogens with zero attached hydrogens (tertiary/aromatic N) is 3. The second-order valence-corrected chi connectivity index (χ2v) is 6.84. The van der Waals surface area contributed by atoms with Crippen molar-refractivity contribution in [1.82, 2.24) is 14.5 Å². The van der Waals surface area contributed by atoms with Gasteiger partial charge in [0.1, 0.15) is 23.5 Å². The largest absolute Gasteiger partial charge is 0.493 e. The number of aromatic nitrogens is 3. The van der Waals surface area contributed by atoms with Crippen LogP contribution >= 0.6 is 0 Å². The highest BCUT2D eigenvalue weighted by Crippen LogP contribution is 2.32. The SMILES string of the molecule is COc1cc2ncn(-c3ccc(C(=O)O)c(NCCc4ccccc4)n3)c2cc1OC. The number of methoxy groups -OCH3 is 2. The molecule has 0 atom stereocenters. The van der Waals surface area contributed by atoms with E-state index in [1.165, 1.54) is 0 Å². The first kappa shape index (κ1) is 20.2. The minimum atomic E-state index is -1.04. The lowest BCUT2D eigenvalue weighted by Crippen LogP contribution is -2.12. The van der Waals surface area contributed by atoms with Crippen molar-refractivity contribution in [2.75, 3.05) is 26.1 Å². The number of fused-ring (bicyclic) bond motifs is 1. The summed E-state index contributed by atoms with van der Waals surface area (Å²) in [7, 11) is 3.14. The molecule has 2 aromatic heterocycles. The number of carboxylic acid groups (broad SMARTS) is 1. The minimum absolute atomic E-state index is 0.112. The number of pyridine rings is 1. The van der Waals surface area contributed by atoms with Gasteiger partial charge >= 0.3 is 5.97 Å². The van der Waals surface area contributed by atoms with E-state index in [9.17, 15) is 9.90 Å². The van der Waals surface area contributed by atoms with Gasteiger partial charge in [0.05, 0.1) is 25.3 Å². The molecule has 0 aliphatic heterocycles. The van der Waals surface area contributed by atoms with Gasteiger partial charge in [0.25, 0.3) is 0 Å². The van der Waals surface area contributed by atoms with Gasteiger partial charge in [0, 0.05) is 18.7 Å². The maximum absolute atomic E-state index is 11.7. The number of hydrogen-bond donors (Lipinski definition) is 2. The van der Waals surface area contributed by atoms with E-state index in [-0.39, 0.29) is 5.56 Å². The summed E-state index contributed by atoms with van der Waals surface area (Å²) in [6.07, 6.45) is 2.39. The molecule has 0 saturated heterocycles. The summed E-state index contributed by atoms with van der Waals surface area (Å²) in [6.45, 7) is 0.552. The molecule has 0 bridgehead atoms. The standard InChI is InChI=1S/C23H22N4O4/c1-30-19-12-17-18(13-20(19)31-2)27(14-25-17)21-9-8-16(23(28)29)22(26-21)24-11-10-15-6-4-3-5-7-15/h3-9,12-14H,10-11H2,1-2H3,(H,24,26)(H,28,29). The number of hydrogen-bond acceptors (Lipinski definition) is 6. The summed E-state index contributed by atoms with van der Waals surface area (Å²) in [4.78, 5) is 20.7. The highest BCUT2D eigenvalue weighted by molar-refractivity contribution is 5.93. The van der Waals surface area contributed by atoms with Crippen LogP contribution in [0.2, 0.25) is 0 Å². The quantitative estimate of drug-likeness (QED) is 0.449. The van der Waals surface area contributed by atoms with E-state index in [0.29, 0.717) is 35.2 Å². The lowest BCUT2D eigenvalue weighted by molar-refractivity contribution is 0.0697. The average molecular weight is 418 g/mol. The average Bonchev–Trinajstić information content (AvgIpc) is 3.21. The molecule has 2 heterocycles. The molecule has 0 saturated carbocycles. The van der Waals surface area contributed by atoms with Crippen molar-refractivity contribution < 1.29 is 19.4 Å². The molecular formula is C23H22N4O4. The van der Waals surface area contributed by atoms with Gasteiger partial charge in [0.2, 0.25) is 0 Å². The molecule has 0 spiro atoms. The van der Waals surface area contributed by atoms with Gasteiger partial charge in [-0.1, -0.05) is 30.3 Å². The van der Waals surface area contributed by atoms with Crippen LogP contribution in [0.1, 0.15) is 15.9 Å². The van der Waals surface area contributed by atoms with Crippen LogP contribution in [-0.4, -0.2) is 46.4 Å². The van der Waals surface area contributed by atoms with Crippen molar-refractivity contribution in [3.63, 3.8) is 0 Å². The highest BCUT2D eigenvalue weighted by atomic mass is 16.5. The Balaban J connectivity index is 1.67. The minimum Gasteiger partial charge on any atom is -0.493 e. The van der Waals surface area contributed by atoms with E-state index in [4.69, 9.17) is 9.47 Å². The number of carbonyl (C=O) groups is 1. The van der Waals surface area contributed by atoms with Crippen molar-refractivity contribution in [1.29, 1.82) is 0 Å². The van der Waals surface area contributed by atoms with E-state index in [2.05, 4.69) is 15.3 Å². The Labute approximate surface area is 179 Å². The number of ether oxygens (including phenoxy) is 2. The first-order chi connectivity index (χ1) is 15.1. The summed E-state index contributed by atoms with van der Waals surface area (Å²) in [5, 5.41) is 12.7. The normalized spacial score (nSPS) is 10.8. The van der Waals surface area contributed by atoms with Crippen LogP contribution in [-0.2, 0) is 6.42 Å². The Morgan fingerprint density at radius 2 is 1.81 bits per heavy atom. The Morgan fingerprint density at radius 1 is 1.06 bits per heavy atom. The van der Waals surface area contributed by atoms with Gasteiger partial charge in [-0.2, -0.15) is 0 Å². The number of carboxylic acids is 1. The van der Waals surface area contributed by atoms with E-state index < -0.39 is 5.97 Å². The van der Waals surface area contributed by atoms with Gasteiger partial charge in [-0.3, -0.25) is 4.57 Å². The molecule has 2 aromatic carbocycles. The second kappa shape index (κ2) is 8.74. The lowest BCUT2D eigenvalue weighted by atomic mass is 10.1. The number of nitrogens with one attached hydrogen (secondary N) is 1. The third-order valence-corrected chi connectivity index (χ3v) is 4.96. The number of anilines is 1. The summed E-state index contributed by atoms with van der Waals surface area (Å²) in [5.41, 5.74) is 2.74. The zero-order chi connectivity index (χ0) is 21.8. The third kappa shape index (κ3) is 4.13. The van der Waals surface area contributed by atoms with Crippen LogP contribution in [0.5, 0.6) is 11.5 Å². The van der Waals surface area contributed by atoms with Crippen LogP contribution in [0.3, 0.4) is 0 Å². The second-order valence-electron chi connectivity index (χ2n) is 6.84. The fourth-order valence-electron chi connectivity index (χ4n) is 3.38. The maximum Gasteiger partial charge on any atom is 0.339 e.